The van der Waals surface area contributed by atoms with Crippen molar-refractivity contribution in [2.75, 3.05) is 20.6 Å². The quantitative estimate of drug-likeness (QED) is 0.912. The minimum atomic E-state index is -0.358. The first-order chi connectivity index (χ1) is 9.58. The van der Waals surface area contributed by atoms with Crippen molar-refractivity contribution >= 4 is 5.91 Å². The summed E-state index contributed by atoms with van der Waals surface area (Å²) in [5.41, 5.74) is 0.434. The van der Waals surface area contributed by atoms with Gasteiger partial charge in [0, 0.05) is 12.1 Å². The Bertz CT molecular complexity index is 550. The van der Waals surface area contributed by atoms with Gasteiger partial charge in [0.15, 0.2) is 0 Å². The Hall–Kier alpha value is -2.14. The molecule has 20 heavy (non-hydrogen) atoms. The highest BCUT2D eigenvalue weighted by Gasteiger charge is 2.18. The summed E-state index contributed by atoms with van der Waals surface area (Å²) >= 11 is 0. The Kier molecular flexibility index (Phi) is 4.53. The van der Waals surface area contributed by atoms with E-state index < -0.39 is 0 Å². The molecule has 1 aromatic heterocycles. The number of rotatable bonds is 5. The highest BCUT2D eigenvalue weighted by atomic mass is 19.1. The van der Waals surface area contributed by atoms with Crippen LogP contribution >= 0.6 is 0 Å². The van der Waals surface area contributed by atoms with Crippen LogP contribution in [-0.2, 0) is 0 Å². The molecule has 0 radical (unpaired) electrons. The summed E-state index contributed by atoms with van der Waals surface area (Å²) in [6, 6.07) is 9.09. The summed E-state index contributed by atoms with van der Waals surface area (Å²) < 4.78 is 18.2. The number of furan rings is 1. The molecular weight excluding hydrogens is 259 g/mol. The van der Waals surface area contributed by atoms with Gasteiger partial charge in [0.2, 0.25) is 0 Å². The first-order valence-corrected chi connectivity index (χ1v) is 6.31. The molecule has 0 spiro atoms. The van der Waals surface area contributed by atoms with Crippen LogP contribution < -0.4 is 5.32 Å². The zero-order valence-electron chi connectivity index (χ0n) is 11.5. The van der Waals surface area contributed by atoms with Gasteiger partial charge in [-0.15, -0.1) is 0 Å². The number of carbonyl (C=O) groups excluding carboxylic acids is 1. The Morgan fingerprint density at radius 3 is 2.55 bits per heavy atom. The Morgan fingerprint density at radius 2 is 2.00 bits per heavy atom. The van der Waals surface area contributed by atoms with Gasteiger partial charge in [-0.25, -0.2) is 4.39 Å². The van der Waals surface area contributed by atoms with Crippen LogP contribution in [0, 0.1) is 5.82 Å². The molecule has 4 nitrogen and oxygen atoms in total. The molecular formula is C15H17FN2O2. The number of carbonyl (C=O) groups is 1. The number of likely N-dealkylation sites (N-methyl/N-ethyl adjacent to an activating group) is 1. The van der Waals surface area contributed by atoms with Gasteiger partial charge < -0.3 is 9.73 Å². The van der Waals surface area contributed by atoms with Crippen molar-refractivity contribution in [2.45, 2.75) is 6.04 Å². The summed E-state index contributed by atoms with van der Waals surface area (Å²) in [4.78, 5) is 13.9. The summed E-state index contributed by atoms with van der Waals surface area (Å²) in [6.07, 6.45) is 1.60. The number of nitrogens with one attached hydrogen (secondary N) is 1. The van der Waals surface area contributed by atoms with Crippen molar-refractivity contribution < 1.29 is 13.6 Å². The second-order valence-electron chi connectivity index (χ2n) is 4.71. The molecule has 0 aliphatic carbocycles. The Labute approximate surface area is 117 Å². The fraction of sp³-hybridized carbons (Fsp3) is 0.267. The maximum absolute atomic E-state index is 12.8. The van der Waals surface area contributed by atoms with E-state index in [1.165, 1.54) is 24.3 Å². The van der Waals surface area contributed by atoms with Crippen molar-refractivity contribution in [1.82, 2.24) is 10.2 Å². The second-order valence-corrected chi connectivity index (χ2v) is 4.71. The highest BCUT2D eigenvalue weighted by Crippen LogP contribution is 2.17. The average molecular weight is 276 g/mol. The number of benzene rings is 1. The van der Waals surface area contributed by atoms with Crippen molar-refractivity contribution in [1.29, 1.82) is 0 Å². The molecule has 1 N–H and O–H groups in total. The maximum atomic E-state index is 12.8. The molecule has 1 amide bonds. The first kappa shape index (κ1) is 14.3. The van der Waals surface area contributed by atoms with E-state index in [9.17, 15) is 9.18 Å². The first-order valence-electron chi connectivity index (χ1n) is 6.31. The van der Waals surface area contributed by atoms with Gasteiger partial charge >= 0.3 is 0 Å². The van der Waals surface area contributed by atoms with Crippen LogP contribution in [0.1, 0.15) is 22.2 Å². The van der Waals surface area contributed by atoms with Gasteiger partial charge in [-0.05, 0) is 50.5 Å². The smallest absolute Gasteiger partial charge is 0.251 e. The van der Waals surface area contributed by atoms with Crippen molar-refractivity contribution in [2.24, 2.45) is 0 Å². The van der Waals surface area contributed by atoms with Crippen molar-refractivity contribution in [3.63, 3.8) is 0 Å². The fourth-order valence-corrected chi connectivity index (χ4v) is 1.91. The van der Waals surface area contributed by atoms with Gasteiger partial charge in [0.25, 0.3) is 5.91 Å². The third-order valence-electron chi connectivity index (χ3n) is 3.06. The molecule has 1 atom stereocenters. The predicted octanol–water partition coefficient (Wildman–Crippen LogP) is 2.45. The highest BCUT2D eigenvalue weighted by molar-refractivity contribution is 5.94. The largest absolute Gasteiger partial charge is 0.468 e. The molecule has 0 bridgehead atoms. The number of hydrogen-bond acceptors (Lipinski definition) is 3. The standard InChI is InChI=1S/C15H17FN2O2/c1-18(2)13(14-4-3-9-20-14)10-17-15(19)11-5-7-12(16)8-6-11/h3-9,13H,10H2,1-2H3,(H,17,19)/t13-/m1/s1. The van der Waals surface area contributed by atoms with E-state index in [4.69, 9.17) is 4.42 Å². The molecule has 1 aromatic carbocycles. The molecule has 5 heteroatoms. The van der Waals surface area contributed by atoms with Gasteiger partial charge in [-0.1, -0.05) is 0 Å². The van der Waals surface area contributed by atoms with Crippen LogP contribution in [0.2, 0.25) is 0 Å². The predicted molar refractivity (Wildman–Crippen MR) is 73.9 cm³/mol. The van der Waals surface area contributed by atoms with E-state index in [-0.39, 0.29) is 17.8 Å². The van der Waals surface area contributed by atoms with E-state index >= 15 is 0 Å². The Balaban J connectivity index is 1.99. The van der Waals surface area contributed by atoms with E-state index in [0.29, 0.717) is 12.1 Å². The van der Waals surface area contributed by atoms with Crippen LogP contribution in [-0.4, -0.2) is 31.4 Å². The van der Waals surface area contributed by atoms with E-state index in [0.717, 1.165) is 5.76 Å². The van der Waals surface area contributed by atoms with Crippen LogP contribution in [0.15, 0.2) is 47.1 Å². The third-order valence-corrected chi connectivity index (χ3v) is 3.06. The molecule has 2 rings (SSSR count). The second kappa shape index (κ2) is 6.34. The normalized spacial score (nSPS) is 12.4. The molecule has 0 saturated heterocycles. The lowest BCUT2D eigenvalue weighted by Gasteiger charge is -2.22. The van der Waals surface area contributed by atoms with Crippen LogP contribution in [0.4, 0.5) is 4.39 Å². The van der Waals surface area contributed by atoms with Crippen LogP contribution in [0.25, 0.3) is 0 Å². The summed E-state index contributed by atoms with van der Waals surface area (Å²) in [7, 11) is 3.83. The molecule has 0 fully saturated rings. The average Bonchev–Trinajstić information content (AvgIpc) is 2.93. The number of nitrogens with zero attached hydrogens (tertiary/aromatic N) is 1. The van der Waals surface area contributed by atoms with Crippen LogP contribution in [0.5, 0.6) is 0 Å². The molecule has 106 valence electrons. The van der Waals surface area contributed by atoms with Crippen LogP contribution in [0.3, 0.4) is 0 Å². The third kappa shape index (κ3) is 3.45. The monoisotopic (exact) mass is 276 g/mol. The lowest BCUT2D eigenvalue weighted by atomic mass is 10.1. The molecule has 2 aromatic rings. The van der Waals surface area contributed by atoms with Gasteiger partial charge in [-0.3, -0.25) is 9.69 Å². The lowest BCUT2D eigenvalue weighted by Crippen LogP contribution is -2.34. The number of hydrogen-bond donors (Lipinski definition) is 1. The summed E-state index contributed by atoms with van der Waals surface area (Å²) in [5, 5.41) is 2.83. The van der Waals surface area contributed by atoms with Gasteiger partial charge in [-0.2, -0.15) is 0 Å². The molecule has 0 unspecified atom stereocenters. The molecule has 0 saturated carbocycles. The summed E-state index contributed by atoms with van der Waals surface area (Å²) in [6.45, 7) is 0.413. The fourth-order valence-electron chi connectivity index (χ4n) is 1.91. The maximum Gasteiger partial charge on any atom is 0.251 e. The van der Waals surface area contributed by atoms with Gasteiger partial charge in [0.05, 0.1) is 12.3 Å². The van der Waals surface area contributed by atoms with E-state index in [1.54, 1.807) is 6.26 Å². The Morgan fingerprint density at radius 1 is 1.30 bits per heavy atom. The molecule has 0 aliphatic heterocycles. The zero-order chi connectivity index (χ0) is 14.5. The summed E-state index contributed by atoms with van der Waals surface area (Å²) in [5.74, 6) is 0.195. The minimum Gasteiger partial charge on any atom is -0.468 e. The SMILES string of the molecule is CN(C)[C@H](CNC(=O)c1ccc(F)cc1)c1ccco1. The molecule has 1 heterocycles. The zero-order valence-corrected chi connectivity index (χ0v) is 11.5. The van der Waals surface area contributed by atoms with E-state index in [1.807, 2.05) is 31.1 Å². The number of amides is 1. The van der Waals surface area contributed by atoms with E-state index in [2.05, 4.69) is 5.32 Å². The lowest BCUT2D eigenvalue weighted by molar-refractivity contribution is 0.0939. The number of halogens is 1. The van der Waals surface area contributed by atoms with Crippen molar-refractivity contribution in [3.05, 3.63) is 59.8 Å². The topological polar surface area (TPSA) is 45.5 Å². The van der Waals surface area contributed by atoms with Gasteiger partial charge in [0.1, 0.15) is 11.6 Å². The molecule has 0 aliphatic rings. The van der Waals surface area contributed by atoms with Crippen molar-refractivity contribution in [3.8, 4) is 0 Å². The minimum absolute atomic E-state index is 0.0469.